The van der Waals surface area contributed by atoms with E-state index in [4.69, 9.17) is 5.26 Å². The first kappa shape index (κ1) is 11.7. The van der Waals surface area contributed by atoms with E-state index in [0.717, 1.165) is 0 Å². The van der Waals surface area contributed by atoms with Crippen LogP contribution in [0.5, 0.6) is 5.75 Å². The number of hydrogen-bond acceptors (Lipinski definition) is 3. The third kappa shape index (κ3) is 2.34. The summed E-state index contributed by atoms with van der Waals surface area (Å²) in [5, 5.41) is 9.30. The summed E-state index contributed by atoms with van der Waals surface area (Å²) < 4.78 is 29.0. The van der Waals surface area contributed by atoms with E-state index in [2.05, 4.69) is 25.7 Å². The molecule has 0 unspecified atom stereocenters. The minimum absolute atomic E-state index is 0.0407. The van der Waals surface area contributed by atoms with Crippen molar-refractivity contribution in [1.82, 2.24) is 4.98 Å². The van der Waals surface area contributed by atoms with Crippen molar-refractivity contribution in [2.75, 3.05) is 0 Å². The van der Waals surface area contributed by atoms with E-state index in [0.29, 0.717) is 15.4 Å². The molecule has 0 saturated carbocycles. The number of rotatable bonds is 2. The van der Waals surface area contributed by atoms with Gasteiger partial charge in [-0.25, -0.2) is 4.98 Å². The van der Waals surface area contributed by atoms with Crippen molar-refractivity contribution >= 4 is 26.8 Å². The Morgan fingerprint density at radius 1 is 1.29 bits per heavy atom. The highest BCUT2D eigenvalue weighted by molar-refractivity contribution is 9.10. The van der Waals surface area contributed by atoms with Gasteiger partial charge in [0, 0.05) is 5.39 Å². The Hall–Kier alpha value is -1.74. The van der Waals surface area contributed by atoms with Gasteiger partial charge < -0.3 is 4.74 Å². The Labute approximate surface area is 104 Å². The molecule has 2 aromatic rings. The topological polar surface area (TPSA) is 45.9 Å². The molecule has 0 aliphatic carbocycles. The van der Waals surface area contributed by atoms with Crippen molar-refractivity contribution < 1.29 is 13.5 Å². The fourth-order valence-electron chi connectivity index (χ4n) is 1.40. The molecule has 86 valence electrons. The van der Waals surface area contributed by atoms with Gasteiger partial charge in [-0.15, -0.1) is 0 Å². The lowest BCUT2D eigenvalue weighted by molar-refractivity contribution is -0.0502. The van der Waals surface area contributed by atoms with Crippen LogP contribution in [0.2, 0.25) is 0 Å². The van der Waals surface area contributed by atoms with Crippen LogP contribution in [0.25, 0.3) is 10.9 Å². The number of fused-ring (bicyclic) bond motifs is 1. The van der Waals surface area contributed by atoms with Crippen LogP contribution >= 0.6 is 15.9 Å². The Balaban J connectivity index is 2.57. The molecule has 0 fully saturated rings. The molecule has 0 atom stereocenters. The van der Waals surface area contributed by atoms with Crippen molar-refractivity contribution in [2.24, 2.45) is 0 Å². The van der Waals surface area contributed by atoms with E-state index in [-0.39, 0.29) is 11.4 Å². The van der Waals surface area contributed by atoms with E-state index in [9.17, 15) is 8.78 Å². The first-order valence-electron chi connectivity index (χ1n) is 4.56. The average molecular weight is 299 g/mol. The van der Waals surface area contributed by atoms with E-state index in [1.165, 1.54) is 18.2 Å². The van der Waals surface area contributed by atoms with Gasteiger partial charge in [-0.3, -0.25) is 0 Å². The molecule has 1 heterocycles. The lowest BCUT2D eigenvalue weighted by Gasteiger charge is -2.08. The van der Waals surface area contributed by atoms with Gasteiger partial charge in [-0.1, -0.05) is 0 Å². The molecular weight excluding hydrogens is 294 g/mol. The summed E-state index contributed by atoms with van der Waals surface area (Å²) in [6, 6.07) is 7.96. The van der Waals surface area contributed by atoms with Crippen LogP contribution in [0.1, 0.15) is 5.69 Å². The normalized spacial score (nSPS) is 10.5. The Bertz CT molecular complexity index is 610. The molecule has 0 saturated heterocycles. The second-order valence-corrected chi connectivity index (χ2v) is 3.92. The maximum absolute atomic E-state index is 12.1. The second-order valence-electron chi connectivity index (χ2n) is 3.13. The highest BCUT2D eigenvalue weighted by atomic mass is 79.9. The van der Waals surface area contributed by atoms with Crippen molar-refractivity contribution in [1.29, 1.82) is 5.26 Å². The molecule has 0 bridgehead atoms. The zero-order chi connectivity index (χ0) is 12.4. The molecule has 0 amide bonds. The summed E-state index contributed by atoms with van der Waals surface area (Å²) in [4.78, 5) is 4.04. The number of ether oxygens (including phenoxy) is 1. The van der Waals surface area contributed by atoms with Gasteiger partial charge in [0.05, 0.1) is 9.99 Å². The van der Waals surface area contributed by atoms with Crippen LogP contribution in [-0.4, -0.2) is 11.6 Å². The fourth-order valence-corrected chi connectivity index (χ4v) is 1.96. The Morgan fingerprint density at radius 3 is 2.71 bits per heavy atom. The van der Waals surface area contributed by atoms with Crippen LogP contribution in [0.4, 0.5) is 8.78 Å². The van der Waals surface area contributed by atoms with Crippen LogP contribution in [0.3, 0.4) is 0 Å². The minimum Gasteiger partial charge on any atom is -0.434 e. The number of halogens is 3. The lowest BCUT2D eigenvalue weighted by atomic mass is 10.2. The van der Waals surface area contributed by atoms with Crippen molar-refractivity contribution in [3.63, 3.8) is 0 Å². The summed E-state index contributed by atoms with van der Waals surface area (Å²) in [6.07, 6.45) is 0. The quantitative estimate of drug-likeness (QED) is 0.853. The second kappa shape index (κ2) is 4.63. The van der Waals surface area contributed by atoms with Gasteiger partial charge >= 0.3 is 6.61 Å². The molecular formula is C11H5BrF2N2O. The van der Waals surface area contributed by atoms with Crippen molar-refractivity contribution in [3.8, 4) is 11.8 Å². The van der Waals surface area contributed by atoms with Gasteiger partial charge in [-0.2, -0.15) is 14.0 Å². The van der Waals surface area contributed by atoms with E-state index >= 15 is 0 Å². The molecule has 0 radical (unpaired) electrons. The molecule has 0 N–H and O–H groups in total. The smallest absolute Gasteiger partial charge is 0.387 e. The van der Waals surface area contributed by atoms with Gasteiger partial charge in [0.1, 0.15) is 17.5 Å². The predicted molar refractivity (Wildman–Crippen MR) is 60.8 cm³/mol. The highest BCUT2D eigenvalue weighted by Crippen LogP contribution is 2.33. The van der Waals surface area contributed by atoms with Gasteiger partial charge in [0.15, 0.2) is 0 Å². The van der Waals surface area contributed by atoms with E-state index in [1.54, 1.807) is 6.07 Å². The van der Waals surface area contributed by atoms with Crippen LogP contribution in [-0.2, 0) is 0 Å². The zero-order valence-corrected chi connectivity index (χ0v) is 9.91. The monoisotopic (exact) mass is 298 g/mol. The van der Waals surface area contributed by atoms with Crippen LogP contribution < -0.4 is 4.74 Å². The first-order chi connectivity index (χ1) is 8.11. The molecule has 0 spiro atoms. The van der Waals surface area contributed by atoms with Gasteiger partial charge in [0.2, 0.25) is 0 Å². The van der Waals surface area contributed by atoms with Gasteiger partial charge in [0.25, 0.3) is 0 Å². The molecule has 0 aliphatic heterocycles. The number of alkyl halides is 2. The maximum Gasteiger partial charge on any atom is 0.387 e. The number of hydrogen-bond donors (Lipinski definition) is 0. The SMILES string of the molecule is N#Cc1ccc2c(Br)c(OC(F)F)ccc2n1. The van der Waals surface area contributed by atoms with Crippen molar-refractivity contribution in [3.05, 3.63) is 34.4 Å². The number of aromatic nitrogens is 1. The molecule has 2 rings (SSSR count). The summed E-state index contributed by atoms with van der Waals surface area (Å²) >= 11 is 3.18. The molecule has 3 nitrogen and oxygen atoms in total. The lowest BCUT2D eigenvalue weighted by Crippen LogP contribution is -2.02. The number of nitrogens with zero attached hydrogens (tertiary/aromatic N) is 2. The van der Waals surface area contributed by atoms with Crippen LogP contribution in [0, 0.1) is 11.3 Å². The van der Waals surface area contributed by atoms with E-state index in [1.807, 2.05) is 6.07 Å². The molecule has 1 aromatic carbocycles. The van der Waals surface area contributed by atoms with E-state index < -0.39 is 6.61 Å². The zero-order valence-electron chi connectivity index (χ0n) is 8.32. The summed E-state index contributed by atoms with van der Waals surface area (Å²) in [5.74, 6) is 0.0407. The number of pyridine rings is 1. The third-order valence-corrected chi connectivity index (χ3v) is 2.92. The first-order valence-corrected chi connectivity index (χ1v) is 5.35. The summed E-state index contributed by atoms with van der Waals surface area (Å²) in [6.45, 7) is -2.88. The fraction of sp³-hybridized carbons (Fsp3) is 0.0909. The molecule has 17 heavy (non-hydrogen) atoms. The largest absolute Gasteiger partial charge is 0.434 e. The standard InChI is InChI=1S/C11H5BrF2N2O/c12-10-7-2-1-6(5-15)16-8(7)3-4-9(10)17-11(13)14/h1-4,11H. The Kier molecular flexibility index (Phi) is 3.20. The average Bonchev–Trinajstić information content (AvgIpc) is 2.32. The predicted octanol–water partition coefficient (Wildman–Crippen LogP) is 3.47. The molecule has 1 aromatic heterocycles. The Morgan fingerprint density at radius 2 is 2.06 bits per heavy atom. The minimum atomic E-state index is -2.88. The molecule has 6 heteroatoms. The van der Waals surface area contributed by atoms with Crippen molar-refractivity contribution in [2.45, 2.75) is 6.61 Å². The summed E-state index contributed by atoms with van der Waals surface area (Å²) in [7, 11) is 0. The number of benzene rings is 1. The number of nitriles is 1. The molecule has 0 aliphatic rings. The third-order valence-electron chi connectivity index (χ3n) is 2.10. The maximum atomic E-state index is 12.1. The summed E-state index contributed by atoms with van der Waals surface area (Å²) in [5.41, 5.74) is 0.810. The highest BCUT2D eigenvalue weighted by Gasteiger charge is 2.11. The van der Waals surface area contributed by atoms with Gasteiger partial charge in [-0.05, 0) is 40.2 Å². The van der Waals surface area contributed by atoms with Crippen LogP contribution in [0.15, 0.2) is 28.7 Å².